The summed E-state index contributed by atoms with van der Waals surface area (Å²) in [7, 11) is 1.78. The molecule has 94 valence electrons. The van der Waals surface area contributed by atoms with Gasteiger partial charge in [0, 0.05) is 12.7 Å². The molecular weight excluding hydrogens is 220 g/mol. The van der Waals surface area contributed by atoms with Gasteiger partial charge < -0.3 is 15.0 Å². The standard InChI is InChI=1S/C12H18N2O3/c1-4-5-9(12(16)17)13-11(15)10-7-6-8(2)14(10)3/h6-7,9H,4-5H2,1-3H3,(H,13,15)(H,16,17)/t9-/m1/s1. The lowest BCUT2D eigenvalue weighted by Crippen LogP contribution is -2.41. The smallest absolute Gasteiger partial charge is 0.326 e. The minimum Gasteiger partial charge on any atom is -0.480 e. The number of carbonyl (C=O) groups is 2. The third-order valence-corrected chi connectivity index (χ3v) is 2.79. The second-order valence-electron chi connectivity index (χ2n) is 4.07. The van der Waals surface area contributed by atoms with E-state index in [-0.39, 0.29) is 5.91 Å². The average Bonchev–Trinajstić information content (AvgIpc) is 2.59. The SMILES string of the molecule is CCC[C@@H](NC(=O)c1ccc(C)n1C)C(=O)O. The van der Waals surface area contributed by atoms with E-state index in [1.165, 1.54) is 0 Å². The van der Waals surface area contributed by atoms with E-state index in [1.54, 1.807) is 17.7 Å². The highest BCUT2D eigenvalue weighted by atomic mass is 16.4. The number of nitrogens with one attached hydrogen (secondary N) is 1. The van der Waals surface area contributed by atoms with Crippen molar-refractivity contribution in [1.29, 1.82) is 0 Å². The number of rotatable bonds is 5. The zero-order chi connectivity index (χ0) is 13.0. The molecule has 1 aromatic heterocycles. The molecule has 17 heavy (non-hydrogen) atoms. The molecule has 0 radical (unpaired) electrons. The number of carbonyl (C=O) groups excluding carboxylic acids is 1. The van der Waals surface area contributed by atoms with E-state index in [4.69, 9.17) is 5.11 Å². The Labute approximate surface area is 100 Å². The molecule has 0 saturated heterocycles. The first kappa shape index (κ1) is 13.3. The minimum absolute atomic E-state index is 0.346. The van der Waals surface area contributed by atoms with Gasteiger partial charge in [-0.1, -0.05) is 13.3 Å². The van der Waals surface area contributed by atoms with Gasteiger partial charge in [-0.3, -0.25) is 4.79 Å². The molecule has 1 rings (SSSR count). The summed E-state index contributed by atoms with van der Waals surface area (Å²) in [5, 5.41) is 11.5. The van der Waals surface area contributed by atoms with Crippen molar-refractivity contribution in [2.24, 2.45) is 7.05 Å². The number of nitrogens with zero attached hydrogens (tertiary/aromatic N) is 1. The molecule has 0 bridgehead atoms. The quantitative estimate of drug-likeness (QED) is 0.812. The molecule has 0 aromatic carbocycles. The predicted octanol–water partition coefficient (Wildman–Crippen LogP) is 1.32. The molecule has 0 aliphatic rings. The van der Waals surface area contributed by atoms with Crippen molar-refractivity contribution in [3.8, 4) is 0 Å². The van der Waals surface area contributed by atoms with Crippen LogP contribution in [-0.2, 0) is 11.8 Å². The topological polar surface area (TPSA) is 71.3 Å². The first-order valence-corrected chi connectivity index (χ1v) is 5.63. The average molecular weight is 238 g/mol. The zero-order valence-corrected chi connectivity index (χ0v) is 10.4. The first-order chi connectivity index (χ1) is 7.97. The normalized spacial score (nSPS) is 12.2. The number of aromatic nitrogens is 1. The van der Waals surface area contributed by atoms with Crippen LogP contribution in [0.5, 0.6) is 0 Å². The summed E-state index contributed by atoms with van der Waals surface area (Å²) in [5.74, 6) is -1.34. The molecule has 0 spiro atoms. The third-order valence-electron chi connectivity index (χ3n) is 2.79. The molecule has 1 heterocycles. The molecule has 0 aliphatic heterocycles. The van der Waals surface area contributed by atoms with E-state index >= 15 is 0 Å². The highest BCUT2D eigenvalue weighted by Crippen LogP contribution is 2.07. The molecule has 0 saturated carbocycles. The van der Waals surface area contributed by atoms with Crippen molar-refractivity contribution >= 4 is 11.9 Å². The Morgan fingerprint density at radius 1 is 1.47 bits per heavy atom. The van der Waals surface area contributed by atoms with Crippen molar-refractivity contribution in [2.45, 2.75) is 32.7 Å². The molecule has 5 heteroatoms. The Bertz CT molecular complexity index is 423. The number of carboxylic acids is 1. The van der Waals surface area contributed by atoms with E-state index in [0.29, 0.717) is 18.5 Å². The van der Waals surface area contributed by atoms with Gasteiger partial charge in [-0.25, -0.2) is 4.79 Å². The molecular formula is C12H18N2O3. The number of aliphatic carboxylic acids is 1. The number of amides is 1. The second-order valence-corrected chi connectivity index (χ2v) is 4.07. The lowest BCUT2D eigenvalue weighted by atomic mass is 10.1. The van der Waals surface area contributed by atoms with Gasteiger partial charge in [0.25, 0.3) is 5.91 Å². The maximum atomic E-state index is 11.9. The fraction of sp³-hybridized carbons (Fsp3) is 0.500. The Morgan fingerprint density at radius 3 is 2.53 bits per heavy atom. The number of hydrogen-bond acceptors (Lipinski definition) is 2. The Balaban J connectivity index is 2.77. The fourth-order valence-electron chi connectivity index (χ4n) is 1.62. The number of aryl methyl sites for hydroxylation is 1. The summed E-state index contributed by atoms with van der Waals surface area (Å²) in [6.07, 6.45) is 1.15. The molecule has 1 amide bonds. The summed E-state index contributed by atoms with van der Waals surface area (Å²) < 4.78 is 1.74. The van der Waals surface area contributed by atoms with Crippen LogP contribution in [0.1, 0.15) is 35.9 Å². The Kier molecular flexibility index (Phi) is 4.31. The molecule has 1 atom stereocenters. The van der Waals surface area contributed by atoms with Crippen LogP contribution in [-0.4, -0.2) is 27.6 Å². The molecule has 1 aromatic rings. The van der Waals surface area contributed by atoms with Crippen molar-refractivity contribution in [1.82, 2.24) is 9.88 Å². The van der Waals surface area contributed by atoms with Gasteiger partial charge in [-0.2, -0.15) is 0 Å². The van der Waals surface area contributed by atoms with Crippen LogP contribution in [0, 0.1) is 6.92 Å². The molecule has 2 N–H and O–H groups in total. The van der Waals surface area contributed by atoms with Crippen LogP contribution in [0.2, 0.25) is 0 Å². The van der Waals surface area contributed by atoms with Crippen molar-refractivity contribution in [2.75, 3.05) is 0 Å². The van der Waals surface area contributed by atoms with Crippen LogP contribution >= 0.6 is 0 Å². The van der Waals surface area contributed by atoms with Crippen LogP contribution in [0.4, 0.5) is 0 Å². The van der Waals surface area contributed by atoms with Crippen LogP contribution in [0.15, 0.2) is 12.1 Å². The lowest BCUT2D eigenvalue weighted by Gasteiger charge is -2.14. The lowest BCUT2D eigenvalue weighted by molar-refractivity contribution is -0.139. The predicted molar refractivity (Wildman–Crippen MR) is 63.9 cm³/mol. The van der Waals surface area contributed by atoms with E-state index in [9.17, 15) is 9.59 Å². The van der Waals surface area contributed by atoms with Gasteiger partial charge in [0.05, 0.1) is 0 Å². The van der Waals surface area contributed by atoms with E-state index < -0.39 is 12.0 Å². The summed E-state index contributed by atoms with van der Waals surface area (Å²) in [4.78, 5) is 22.8. The largest absolute Gasteiger partial charge is 0.480 e. The molecule has 0 unspecified atom stereocenters. The first-order valence-electron chi connectivity index (χ1n) is 5.63. The van der Waals surface area contributed by atoms with Crippen LogP contribution in [0.3, 0.4) is 0 Å². The minimum atomic E-state index is -0.994. The monoisotopic (exact) mass is 238 g/mol. The summed E-state index contributed by atoms with van der Waals surface area (Å²) in [5.41, 5.74) is 1.43. The van der Waals surface area contributed by atoms with Crippen LogP contribution in [0.25, 0.3) is 0 Å². The Morgan fingerprint density at radius 2 is 2.12 bits per heavy atom. The van der Waals surface area contributed by atoms with Gasteiger partial charge in [0.15, 0.2) is 0 Å². The van der Waals surface area contributed by atoms with Crippen molar-refractivity contribution in [3.63, 3.8) is 0 Å². The number of hydrogen-bond donors (Lipinski definition) is 2. The van der Waals surface area contributed by atoms with Gasteiger partial charge in [-0.05, 0) is 25.5 Å². The molecule has 0 aliphatic carbocycles. The highest BCUT2D eigenvalue weighted by molar-refractivity contribution is 5.95. The van der Waals surface area contributed by atoms with E-state index in [1.807, 2.05) is 19.9 Å². The summed E-state index contributed by atoms with van der Waals surface area (Å²) in [6.45, 7) is 3.77. The maximum Gasteiger partial charge on any atom is 0.326 e. The third kappa shape index (κ3) is 3.09. The highest BCUT2D eigenvalue weighted by Gasteiger charge is 2.20. The van der Waals surface area contributed by atoms with Crippen molar-refractivity contribution < 1.29 is 14.7 Å². The van der Waals surface area contributed by atoms with Crippen LogP contribution < -0.4 is 5.32 Å². The van der Waals surface area contributed by atoms with Crippen molar-refractivity contribution in [3.05, 3.63) is 23.5 Å². The molecule has 5 nitrogen and oxygen atoms in total. The van der Waals surface area contributed by atoms with Gasteiger partial charge in [-0.15, -0.1) is 0 Å². The molecule has 0 fully saturated rings. The number of carboxylic acid groups (broad SMARTS) is 1. The summed E-state index contributed by atoms with van der Waals surface area (Å²) in [6, 6.07) is 2.70. The second kappa shape index (κ2) is 5.52. The Hall–Kier alpha value is -1.78. The van der Waals surface area contributed by atoms with Gasteiger partial charge in [0.2, 0.25) is 0 Å². The van der Waals surface area contributed by atoms with Gasteiger partial charge >= 0.3 is 5.97 Å². The van der Waals surface area contributed by atoms with E-state index in [2.05, 4.69) is 5.32 Å². The van der Waals surface area contributed by atoms with E-state index in [0.717, 1.165) is 5.69 Å². The zero-order valence-electron chi connectivity index (χ0n) is 10.4. The fourth-order valence-corrected chi connectivity index (χ4v) is 1.62. The maximum absolute atomic E-state index is 11.9. The summed E-state index contributed by atoms with van der Waals surface area (Å²) >= 11 is 0. The van der Waals surface area contributed by atoms with Gasteiger partial charge in [0.1, 0.15) is 11.7 Å².